The van der Waals surface area contributed by atoms with E-state index in [1.54, 1.807) is 61.5 Å². The van der Waals surface area contributed by atoms with Gasteiger partial charge < -0.3 is 14.6 Å². The van der Waals surface area contributed by atoms with Crippen LogP contribution in [0.1, 0.15) is 40.0 Å². The lowest BCUT2D eigenvalue weighted by Gasteiger charge is -2.26. The Balaban J connectivity index is 1.89. The first-order chi connectivity index (χ1) is 17.3. The lowest BCUT2D eigenvalue weighted by molar-refractivity contribution is -0.132. The Labute approximate surface area is 217 Å². The highest BCUT2D eigenvalue weighted by Gasteiger charge is 2.47. The van der Waals surface area contributed by atoms with Gasteiger partial charge in [0.2, 0.25) is 0 Å². The van der Waals surface area contributed by atoms with Gasteiger partial charge in [-0.15, -0.1) is 0 Å². The molecule has 3 aromatic rings. The lowest BCUT2D eigenvalue weighted by atomic mass is 9.94. The number of ketones is 1. The molecule has 36 heavy (non-hydrogen) atoms. The van der Waals surface area contributed by atoms with Crippen molar-refractivity contribution < 1.29 is 29.0 Å². The van der Waals surface area contributed by atoms with Crippen molar-refractivity contribution in [2.75, 3.05) is 18.6 Å². The van der Waals surface area contributed by atoms with Crippen molar-refractivity contribution in [3.63, 3.8) is 0 Å². The number of methoxy groups -OCH3 is 1. The van der Waals surface area contributed by atoms with Gasteiger partial charge in [-0.2, -0.15) is 0 Å². The van der Waals surface area contributed by atoms with Crippen molar-refractivity contribution in [3.8, 4) is 5.75 Å². The molecule has 0 radical (unpaired) electrons. The minimum Gasteiger partial charge on any atom is -0.507 e. The standard InChI is InChI=1S/C28H24BrNO6/c1-4-36-28(34)17-8-11-20(12-9-17)30-24(18-6-5-7-21(15-18)35-3)23(26(32)27(30)33)25(31)19-10-13-22(29)16(2)14-19/h5-15,24,31H,4H2,1-3H3/b25-23-. The van der Waals surface area contributed by atoms with E-state index < -0.39 is 23.7 Å². The SMILES string of the molecule is CCOC(=O)c1ccc(N2C(=O)C(=O)/C(=C(\O)c3ccc(Br)c(C)c3)C2c2cccc(OC)c2)cc1. The second-order valence-corrected chi connectivity index (χ2v) is 9.03. The average Bonchev–Trinajstić information content (AvgIpc) is 3.15. The normalized spacial score (nSPS) is 16.8. The van der Waals surface area contributed by atoms with Crippen LogP contribution in [0.2, 0.25) is 0 Å². The zero-order valence-corrected chi connectivity index (χ0v) is 21.5. The first kappa shape index (κ1) is 25.2. The number of anilines is 1. The average molecular weight is 550 g/mol. The molecule has 1 unspecified atom stereocenters. The number of benzene rings is 3. The van der Waals surface area contributed by atoms with Gasteiger partial charge in [-0.05, 0) is 73.5 Å². The first-order valence-corrected chi connectivity index (χ1v) is 12.0. The third-order valence-corrected chi connectivity index (χ3v) is 6.83. The van der Waals surface area contributed by atoms with Gasteiger partial charge in [0.1, 0.15) is 11.5 Å². The number of amides is 1. The van der Waals surface area contributed by atoms with Gasteiger partial charge in [-0.25, -0.2) is 4.79 Å². The Kier molecular flexibility index (Phi) is 7.26. The molecule has 1 amide bonds. The molecule has 0 saturated carbocycles. The lowest BCUT2D eigenvalue weighted by Crippen LogP contribution is -2.29. The number of carbonyl (C=O) groups excluding carboxylic acids is 3. The zero-order valence-electron chi connectivity index (χ0n) is 19.9. The Hall–Kier alpha value is -3.91. The van der Waals surface area contributed by atoms with Crippen LogP contribution >= 0.6 is 15.9 Å². The van der Waals surface area contributed by atoms with Gasteiger partial charge in [0.05, 0.1) is 30.9 Å². The van der Waals surface area contributed by atoms with Crippen LogP contribution in [0.3, 0.4) is 0 Å². The highest BCUT2D eigenvalue weighted by molar-refractivity contribution is 9.10. The Morgan fingerprint density at radius 3 is 2.36 bits per heavy atom. The summed E-state index contributed by atoms with van der Waals surface area (Å²) in [6.07, 6.45) is 0. The Morgan fingerprint density at radius 1 is 1.03 bits per heavy atom. The van der Waals surface area contributed by atoms with Crippen LogP contribution < -0.4 is 9.64 Å². The third-order valence-electron chi connectivity index (χ3n) is 5.94. The number of aliphatic hydroxyl groups excluding tert-OH is 1. The van der Waals surface area contributed by atoms with E-state index in [1.807, 2.05) is 6.92 Å². The topological polar surface area (TPSA) is 93.1 Å². The number of halogens is 1. The summed E-state index contributed by atoms with van der Waals surface area (Å²) < 4.78 is 11.2. The number of rotatable bonds is 6. The number of aryl methyl sites for hydroxylation is 1. The fourth-order valence-electron chi connectivity index (χ4n) is 4.15. The molecule has 0 aromatic heterocycles. The molecule has 1 saturated heterocycles. The predicted molar refractivity (Wildman–Crippen MR) is 139 cm³/mol. The summed E-state index contributed by atoms with van der Waals surface area (Å²) in [5.74, 6) is -1.82. The smallest absolute Gasteiger partial charge is 0.338 e. The van der Waals surface area contributed by atoms with Gasteiger partial charge in [-0.3, -0.25) is 14.5 Å². The fraction of sp³-hybridized carbons (Fsp3) is 0.179. The van der Waals surface area contributed by atoms with E-state index in [2.05, 4.69) is 15.9 Å². The highest BCUT2D eigenvalue weighted by Crippen LogP contribution is 2.43. The summed E-state index contributed by atoms with van der Waals surface area (Å²) in [4.78, 5) is 40.1. The second kappa shape index (κ2) is 10.4. The van der Waals surface area contributed by atoms with E-state index in [-0.39, 0.29) is 17.9 Å². The van der Waals surface area contributed by atoms with Gasteiger partial charge in [0, 0.05) is 15.7 Å². The second-order valence-electron chi connectivity index (χ2n) is 8.18. The van der Waals surface area contributed by atoms with E-state index in [0.717, 1.165) is 10.0 Å². The zero-order chi connectivity index (χ0) is 26.0. The molecule has 8 heteroatoms. The summed E-state index contributed by atoms with van der Waals surface area (Å²) in [6, 6.07) is 17.5. The number of aliphatic hydroxyl groups is 1. The van der Waals surface area contributed by atoms with Crippen LogP contribution in [-0.4, -0.2) is 36.5 Å². The maximum absolute atomic E-state index is 13.3. The van der Waals surface area contributed by atoms with Gasteiger partial charge in [0.25, 0.3) is 11.7 Å². The van der Waals surface area contributed by atoms with Crippen molar-refractivity contribution in [2.45, 2.75) is 19.9 Å². The molecule has 184 valence electrons. The Morgan fingerprint density at radius 2 is 1.72 bits per heavy atom. The van der Waals surface area contributed by atoms with E-state index >= 15 is 0 Å². The summed E-state index contributed by atoms with van der Waals surface area (Å²) in [7, 11) is 1.52. The molecule has 1 aliphatic heterocycles. The fourth-order valence-corrected chi connectivity index (χ4v) is 4.39. The number of esters is 1. The molecule has 0 bridgehead atoms. The van der Waals surface area contributed by atoms with Crippen molar-refractivity contribution in [1.82, 2.24) is 0 Å². The Bertz CT molecular complexity index is 1380. The summed E-state index contributed by atoms with van der Waals surface area (Å²) in [5.41, 5.74) is 2.53. The monoisotopic (exact) mass is 549 g/mol. The number of ether oxygens (including phenoxy) is 2. The number of nitrogens with zero attached hydrogens (tertiary/aromatic N) is 1. The van der Waals surface area contributed by atoms with Gasteiger partial charge in [-0.1, -0.05) is 34.1 Å². The summed E-state index contributed by atoms with van der Waals surface area (Å²) >= 11 is 3.44. The molecule has 4 rings (SSSR count). The van der Waals surface area contributed by atoms with Crippen LogP contribution in [-0.2, 0) is 14.3 Å². The van der Waals surface area contributed by atoms with Crippen LogP contribution in [0.25, 0.3) is 5.76 Å². The predicted octanol–water partition coefficient (Wildman–Crippen LogP) is 5.57. The molecule has 1 N–H and O–H groups in total. The van der Waals surface area contributed by atoms with E-state index in [4.69, 9.17) is 9.47 Å². The molecule has 1 heterocycles. The van der Waals surface area contributed by atoms with E-state index in [0.29, 0.717) is 28.1 Å². The third kappa shape index (κ3) is 4.64. The number of hydrogen-bond donors (Lipinski definition) is 1. The summed E-state index contributed by atoms with van der Waals surface area (Å²) in [5, 5.41) is 11.3. The number of hydrogen-bond acceptors (Lipinski definition) is 6. The molecule has 1 fully saturated rings. The van der Waals surface area contributed by atoms with Gasteiger partial charge >= 0.3 is 5.97 Å². The number of Topliss-reactive ketones (excluding diaryl/α,β-unsaturated/α-hetero) is 1. The molecule has 7 nitrogen and oxygen atoms in total. The van der Waals surface area contributed by atoms with Crippen LogP contribution in [0.15, 0.2) is 76.8 Å². The highest BCUT2D eigenvalue weighted by atomic mass is 79.9. The molecule has 1 atom stereocenters. The van der Waals surface area contributed by atoms with E-state index in [9.17, 15) is 19.5 Å². The number of carbonyl (C=O) groups is 3. The van der Waals surface area contributed by atoms with Crippen LogP contribution in [0.5, 0.6) is 5.75 Å². The molecular formula is C28H24BrNO6. The van der Waals surface area contributed by atoms with Crippen molar-refractivity contribution >= 4 is 45.0 Å². The minimum absolute atomic E-state index is 0.0376. The molecule has 3 aromatic carbocycles. The quantitative estimate of drug-likeness (QED) is 0.187. The first-order valence-electron chi connectivity index (χ1n) is 11.3. The van der Waals surface area contributed by atoms with Crippen LogP contribution in [0.4, 0.5) is 5.69 Å². The van der Waals surface area contributed by atoms with Crippen molar-refractivity contribution in [1.29, 1.82) is 0 Å². The van der Waals surface area contributed by atoms with Gasteiger partial charge in [0.15, 0.2) is 0 Å². The maximum atomic E-state index is 13.3. The van der Waals surface area contributed by atoms with Crippen LogP contribution in [0, 0.1) is 6.92 Å². The molecular weight excluding hydrogens is 526 g/mol. The van der Waals surface area contributed by atoms with E-state index in [1.165, 1.54) is 24.1 Å². The largest absolute Gasteiger partial charge is 0.507 e. The van der Waals surface area contributed by atoms with Crippen molar-refractivity contribution in [3.05, 3.63) is 99.0 Å². The van der Waals surface area contributed by atoms with Crippen molar-refractivity contribution in [2.24, 2.45) is 0 Å². The maximum Gasteiger partial charge on any atom is 0.338 e. The molecule has 0 spiro atoms. The summed E-state index contributed by atoms with van der Waals surface area (Å²) in [6.45, 7) is 3.82. The molecule has 1 aliphatic rings. The molecule has 0 aliphatic carbocycles. The minimum atomic E-state index is -0.919.